The van der Waals surface area contributed by atoms with Crippen LogP contribution in [0, 0.1) is 0 Å². The Labute approximate surface area is 132 Å². The highest BCUT2D eigenvalue weighted by molar-refractivity contribution is 5.78. The van der Waals surface area contributed by atoms with E-state index in [-0.39, 0.29) is 5.92 Å². The van der Waals surface area contributed by atoms with Gasteiger partial charge in [0.1, 0.15) is 0 Å². The Kier molecular flexibility index (Phi) is 4.07. The summed E-state index contributed by atoms with van der Waals surface area (Å²) in [6.07, 6.45) is -3.86. The summed E-state index contributed by atoms with van der Waals surface area (Å²) in [5.41, 5.74) is 1.41. The average molecular weight is 315 g/mol. The van der Waals surface area contributed by atoms with Crippen molar-refractivity contribution in [3.05, 3.63) is 77.5 Å². The maximum Gasteiger partial charge on any atom is 0.416 e. The Morgan fingerprint density at radius 1 is 0.913 bits per heavy atom. The molecule has 0 aliphatic carbocycles. The smallest absolute Gasteiger partial charge is 0.253 e. The molecule has 118 valence electrons. The summed E-state index contributed by atoms with van der Waals surface area (Å²) in [4.78, 5) is 4.55. The highest BCUT2D eigenvalue weighted by atomic mass is 19.4. The van der Waals surface area contributed by atoms with Gasteiger partial charge in [0, 0.05) is 11.1 Å². The summed E-state index contributed by atoms with van der Waals surface area (Å²) in [5, 5.41) is 1.03. The molecule has 0 amide bonds. The third-order valence-corrected chi connectivity index (χ3v) is 3.97. The molecule has 1 nitrogen and oxygen atoms in total. The second-order valence-corrected chi connectivity index (χ2v) is 5.69. The summed E-state index contributed by atoms with van der Waals surface area (Å²) in [5.74, 6) is -0.263. The molecule has 0 N–H and O–H groups in total. The fraction of sp³-hybridized carbons (Fsp3) is 0.211. The minimum atomic E-state index is -4.33. The molecule has 0 spiro atoms. The summed E-state index contributed by atoms with van der Waals surface area (Å²) >= 11 is 0. The lowest BCUT2D eigenvalue weighted by molar-refractivity contribution is -0.138. The SMILES string of the molecule is C[C@H](Cc1ccc2ccccc2n1)c1ccccc1C(F)(F)F. The van der Waals surface area contributed by atoms with Crippen molar-refractivity contribution < 1.29 is 13.2 Å². The molecule has 0 unspecified atom stereocenters. The Morgan fingerprint density at radius 2 is 1.61 bits per heavy atom. The highest BCUT2D eigenvalue weighted by Gasteiger charge is 2.34. The van der Waals surface area contributed by atoms with Crippen LogP contribution in [0.3, 0.4) is 0 Å². The Morgan fingerprint density at radius 3 is 2.39 bits per heavy atom. The number of halogens is 3. The molecule has 2 aromatic carbocycles. The first kappa shape index (κ1) is 15.5. The number of nitrogens with zero attached hydrogens (tertiary/aromatic N) is 1. The number of hydrogen-bond donors (Lipinski definition) is 0. The number of rotatable bonds is 3. The molecule has 0 aliphatic rings. The first-order chi connectivity index (χ1) is 10.9. The van der Waals surface area contributed by atoms with Gasteiger partial charge in [-0.3, -0.25) is 4.98 Å². The molecular weight excluding hydrogens is 299 g/mol. The van der Waals surface area contributed by atoms with E-state index < -0.39 is 11.7 Å². The van der Waals surface area contributed by atoms with Gasteiger partial charge in [-0.25, -0.2) is 0 Å². The number of aromatic nitrogens is 1. The van der Waals surface area contributed by atoms with Gasteiger partial charge in [0.05, 0.1) is 11.1 Å². The van der Waals surface area contributed by atoms with E-state index in [1.807, 2.05) is 36.4 Å². The standard InChI is InChI=1S/C19H16F3N/c1-13(16-7-3-4-8-17(16)19(20,21)22)12-15-11-10-14-6-2-5-9-18(14)23-15/h2-11,13H,12H2,1H3/t13-/m1/s1. The number of benzene rings is 2. The number of hydrogen-bond acceptors (Lipinski definition) is 1. The average Bonchev–Trinajstić information content (AvgIpc) is 2.54. The maximum atomic E-state index is 13.1. The molecule has 0 fully saturated rings. The first-order valence-electron chi connectivity index (χ1n) is 7.46. The lowest BCUT2D eigenvalue weighted by Gasteiger charge is -2.18. The van der Waals surface area contributed by atoms with Gasteiger partial charge in [-0.1, -0.05) is 49.4 Å². The molecule has 4 heteroatoms. The van der Waals surface area contributed by atoms with Crippen LogP contribution in [0.5, 0.6) is 0 Å². The van der Waals surface area contributed by atoms with Gasteiger partial charge in [-0.2, -0.15) is 13.2 Å². The van der Waals surface area contributed by atoms with Crippen LogP contribution in [-0.2, 0) is 12.6 Å². The van der Waals surface area contributed by atoms with Gasteiger partial charge in [0.2, 0.25) is 0 Å². The number of fused-ring (bicyclic) bond motifs is 1. The van der Waals surface area contributed by atoms with E-state index >= 15 is 0 Å². The van der Waals surface area contributed by atoms with Crippen LogP contribution in [0.15, 0.2) is 60.7 Å². The zero-order valence-electron chi connectivity index (χ0n) is 12.6. The Hall–Kier alpha value is -2.36. The zero-order valence-corrected chi connectivity index (χ0v) is 12.6. The van der Waals surface area contributed by atoms with Crippen LogP contribution >= 0.6 is 0 Å². The van der Waals surface area contributed by atoms with Crippen LogP contribution < -0.4 is 0 Å². The molecule has 1 atom stereocenters. The Bertz CT molecular complexity index is 824. The summed E-state index contributed by atoms with van der Waals surface area (Å²) in [7, 11) is 0. The minimum Gasteiger partial charge on any atom is -0.253 e. The highest BCUT2D eigenvalue weighted by Crippen LogP contribution is 2.36. The van der Waals surface area contributed by atoms with Crippen molar-refractivity contribution in [3.63, 3.8) is 0 Å². The van der Waals surface area contributed by atoms with E-state index in [0.29, 0.717) is 12.0 Å². The van der Waals surface area contributed by atoms with E-state index in [1.165, 1.54) is 6.07 Å². The summed E-state index contributed by atoms with van der Waals surface area (Å²) < 4.78 is 39.4. The van der Waals surface area contributed by atoms with Crippen LogP contribution in [0.4, 0.5) is 13.2 Å². The molecule has 1 aromatic heterocycles. The molecule has 0 aliphatic heterocycles. The lowest BCUT2D eigenvalue weighted by atomic mass is 9.91. The molecular formula is C19H16F3N. The van der Waals surface area contributed by atoms with E-state index in [9.17, 15) is 13.2 Å². The molecule has 0 radical (unpaired) electrons. The van der Waals surface area contributed by atoms with Gasteiger partial charge in [0.15, 0.2) is 0 Å². The van der Waals surface area contributed by atoms with Crippen molar-refractivity contribution in [3.8, 4) is 0 Å². The minimum absolute atomic E-state index is 0.263. The predicted octanol–water partition coefficient (Wildman–Crippen LogP) is 5.60. The summed E-state index contributed by atoms with van der Waals surface area (Å²) in [6.45, 7) is 1.81. The molecule has 0 saturated carbocycles. The zero-order chi connectivity index (χ0) is 16.4. The topological polar surface area (TPSA) is 12.9 Å². The van der Waals surface area contributed by atoms with Gasteiger partial charge in [0.25, 0.3) is 0 Å². The molecule has 23 heavy (non-hydrogen) atoms. The van der Waals surface area contributed by atoms with Crippen molar-refractivity contribution in [1.29, 1.82) is 0 Å². The molecule has 3 aromatic rings. The van der Waals surface area contributed by atoms with Gasteiger partial charge < -0.3 is 0 Å². The molecule has 0 saturated heterocycles. The van der Waals surface area contributed by atoms with Gasteiger partial charge in [-0.05, 0) is 36.1 Å². The number of alkyl halides is 3. The fourth-order valence-corrected chi connectivity index (χ4v) is 2.83. The van der Waals surface area contributed by atoms with E-state index in [4.69, 9.17) is 0 Å². The van der Waals surface area contributed by atoms with E-state index in [0.717, 1.165) is 22.7 Å². The molecule has 3 rings (SSSR count). The number of pyridine rings is 1. The maximum absolute atomic E-state index is 13.1. The van der Waals surface area contributed by atoms with Crippen molar-refractivity contribution in [2.45, 2.75) is 25.4 Å². The lowest BCUT2D eigenvalue weighted by Crippen LogP contribution is -2.12. The van der Waals surface area contributed by atoms with Crippen LogP contribution in [0.1, 0.15) is 29.7 Å². The van der Waals surface area contributed by atoms with Crippen molar-refractivity contribution >= 4 is 10.9 Å². The fourth-order valence-electron chi connectivity index (χ4n) is 2.83. The Balaban J connectivity index is 1.90. The third-order valence-electron chi connectivity index (χ3n) is 3.97. The van der Waals surface area contributed by atoms with Crippen molar-refractivity contribution in [2.75, 3.05) is 0 Å². The predicted molar refractivity (Wildman–Crippen MR) is 85.3 cm³/mol. The van der Waals surface area contributed by atoms with Gasteiger partial charge in [-0.15, -0.1) is 0 Å². The van der Waals surface area contributed by atoms with Crippen LogP contribution in [-0.4, -0.2) is 4.98 Å². The van der Waals surface area contributed by atoms with Crippen LogP contribution in [0.25, 0.3) is 10.9 Å². The largest absolute Gasteiger partial charge is 0.416 e. The normalized spacial score (nSPS) is 13.2. The number of para-hydroxylation sites is 1. The molecule has 1 heterocycles. The monoisotopic (exact) mass is 315 g/mol. The van der Waals surface area contributed by atoms with Crippen LogP contribution in [0.2, 0.25) is 0 Å². The van der Waals surface area contributed by atoms with Crippen molar-refractivity contribution in [2.24, 2.45) is 0 Å². The third kappa shape index (κ3) is 3.36. The summed E-state index contributed by atoms with van der Waals surface area (Å²) in [6, 6.07) is 17.3. The van der Waals surface area contributed by atoms with E-state index in [2.05, 4.69) is 4.98 Å². The second-order valence-electron chi connectivity index (χ2n) is 5.69. The van der Waals surface area contributed by atoms with Gasteiger partial charge >= 0.3 is 6.18 Å². The van der Waals surface area contributed by atoms with E-state index in [1.54, 1.807) is 19.1 Å². The second kappa shape index (κ2) is 6.03. The molecule has 0 bridgehead atoms. The quantitative estimate of drug-likeness (QED) is 0.613. The first-order valence-corrected chi connectivity index (χ1v) is 7.46. The van der Waals surface area contributed by atoms with Crippen molar-refractivity contribution in [1.82, 2.24) is 4.98 Å².